The van der Waals surface area contributed by atoms with Gasteiger partial charge in [-0.2, -0.15) is 9.40 Å². The molecule has 0 fully saturated rings. The van der Waals surface area contributed by atoms with Crippen molar-refractivity contribution < 1.29 is 8.42 Å². The molecule has 0 saturated heterocycles. The first-order chi connectivity index (χ1) is 11.8. The van der Waals surface area contributed by atoms with Crippen LogP contribution in [-0.2, 0) is 23.0 Å². The lowest BCUT2D eigenvalue weighted by Crippen LogP contribution is -2.38. The molecule has 0 aromatic carbocycles. The fraction of sp³-hybridized carbons (Fsp3) is 0.444. The molecule has 2 aromatic rings. The number of allylic oxidation sites excluding steroid dienone is 1. The van der Waals surface area contributed by atoms with Gasteiger partial charge >= 0.3 is 0 Å². The van der Waals surface area contributed by atoms with Crippen LogP contribution in [0.2, 0.25) is 0 Å². The van der Waals surface area contributed by atoms with Gasteiger partial charge in [0, 0.05) is 36.7 Å². The Hall–Kier alpha value is -1.99. The van der Waals surface area contributed by atoms with Crippen molar-refractivity contribution in [3.05, 3.63) is 54.6 Å². The number of rotatable bonds is 5. The maximum atomic E-state index is 12.7. The maximum absolute atomic E-state index is 12.7. The van der Waals surface area contributed by atoms with E-state index in [0.29, 0.717) is 19.5 Å². The summed E-state index contributed by atoms with van der Waals surface area (Å²) in [5.74, 6) is 0.0976. The van der Waals surface area contributed by atoms with E-state index in [0.717, 1.165) is 23.4 Å². The van der Waals surface area contributed by atoms with Gasteiger partial charge < -0.3 is 0 Å². The first-order valence-electron chi connectivity index (χ1n) is 8.37. The van der Waals surface area contributed by atoms with Crippen molar-refractivity contribution in [1.29, 1.82) is 0 Å². The predicted octanol–water partition coefficient (Wildman–Crippen LogP) is 2.56. The molecule has 6 nitrogen and oxygen atoms in total. The number of pyridine rings is 1. The van der Waals surface area contributed by atoms with Crippen LogP contribution in [-0.4, -0.2) is 39.8 Å². The lowest BCUT2D eigenvalue weighted by molar-refractivity contribution is 0.264. The van der Waals surface area contributed by atoms with Crippen LogP contribution in [0.15, 0.2) is 43.4 Å². The van der Waals surface area contributed by atoms with Gasteiger partial charge in [0.1, 0.15) is 0 Å². The van der Waals surface area contributed by atoms with Crippen LogP contribution < -0.4 is 0 Å². The highest BCUT2D eigenvalue weighted by Crippen LogP contribution is 2.32. The topological polar surface area (TPSA) is 68.1 Å². The van der Waals surface area contributed by atoms with E-state index in [9.17, 15) is 8.42 Å². The second-order valence-corrected chi connectivity index (χ2v) is 9.32. The highest BCUT2D eigenvalue weighted by atomic mass is 32.2. The fourth-order valence-electron chi connectivity index (χ4n) is 3.23. The number of aromatic nitrogens is 3. The number of nitrogens with zero attached hydrogens (tertiary/aromatic N) is 4. The molecule has 3 rings (SSSR count). The normalized spacial score (nSPS) is 17.7. The Morgan fingerprint density at radius 2 is 2.04 bits per heavy atom. The summed E-state index contributed by atoms with van der Waals surface area (Å²) in [6, 6.07) is 3.81. The first kappa shape index (κ1) is 17.8. The average Bonchev–Trinajstić information content (AvgIpc) is 2.88. The third-order valence-electron chi connectivity index (χ3n) is 4.43. The predicted molar refractivity (Wildman–Crippen MR) is 97.9 cm³/mol. The van der Waals surface area contributed by atoms with Gasteiger partial charge in [-0.3, -0.25) is 4.98 Å². The molecule has 0 saturated carbocycles. The SMILES string of the molecule is C=CCCS(=O)(=O)N1Cc2cnn(-c3ccncc3)c2CC(C)(C)C1. The summed E-state index contributed by atoms with van der Waals surface area (Å²) < 4.78 is 28.9. The van der Waals surface area contributed by atoms with E-state index in [-0.39, 0.29) is 11.2 Å². The van der Waals surface area contributed by atoms with E-state index in [2.05, 4.69) is 30.5 Å². The molecule has 0 spiro atoms. The molecule has 0 radical (unpaired) electrons. The van der Waals surface area contributed by atoms with E-state index >= 15 is 0 Å². The summed E-state index contributed by atoms with van der Waals surface area (Å²) >= 11 is 0. The Labute approximate surface area is 149 Å². The van der Waals surface area contributed by atoms with Crippen LogP contribution >= 0.6 is 0 Å². The Morgan fingerprint density at radius 1 is 1.32 bits per heavy atom. The largest absolute Gasteiger partial charge is 0.265 e. The quantitative estimate of drug-likeness (QED) is 0.769. The van der Waals surface area contributed by atoms with Gasteiger partial charge in [-0.05, 0) is 30.4 Å². The van der Waals surface area contributed by atoms with Crippen LogP contribution in [0.25, 0.3) is 5.69 Å². The van der Waals surface area contributed by atoms with Crippen molar-refractivity contribution in [2.45, 2.75) is 33.2 Å². The molecule has 1 aliphatic rings. The van der Waals surface area contributed by atoms with Crippen LogP contribution in [0.3, 0.4) is 0 Å². The van der Waals surface area contributed by atoms with Crippen molar-refractivity contribution in [2.24, 2.45) is 5.41 Å². The molecule has 0 aliphatic carbocycles. The second-order valence-electron chi connectivity index (χ2n) is 7.24. The van der Waals surface area contributed by atoms with E-state index in [1.807, 2.05) is 16.8 Å². The molecule has 0 amide bonds. The molecule has 0 unspecified atom stereocenters. The summed E-state index contributed by atoms with van der Waals surface area (Å²) in [5, 5.41) is 4.51. The molecule has 1 aliphatic heterocycles. The Bertz CT molecular complexity index is 856. The number of sulfonamides is 1. The minimum Gasteiger partial charge on any atom is -0.265 e. The lowest BCUT2D eigenvalue weighted by atomic mass is 9.88. The van der Waals surface area contributed by atoms with E-state index in [4.69, 9.17) is 0 Å². The molecule has 134 valence electrons. The average molecular weight is 360 g/mol. The fourth-order valence-corrected chi connectivity index (χ4v) is 4.83. The molecule has 7 heteroatoms. The summed E-state index contributed by atoms with van der Waals surface area (Å²) in [5.41, 5.74) is 2.79. The molecular weight excluding hydrogens is 336 g/mol. The second kappa shape index (κ2) is 6.72. The third kappa shape index (κ3) is 3.82. The van der Waals surface area contributed by atoms with E-state index in [1.165, 1.54) is 0 Å². The van der Waals surface area contributed by atoms with Crippen LogP contribution in [0, 0.1) is 5.41 Å². The molecule has 0 bridgehead atoms. The maximum Gasteiger partial charge on any atom is 0.214 e. The molecule has 3 heterocycles. The van der Waals surface area contributed by atoms with Crippen molar-refractivity contribution in [3.63, 3.8) is 0 Å². The van der Waals surface area contributed by atoms with Gasteiger partial charge in [-0.15, -0.1) is 6.58 Å². The van der Waals surface area contributed by atoms with Crippen molar-refractivity contribution in [1.82, 2.24) is 19.1 Å². The lowest BCUT2D eigenvalue weighted by Gasteiger charge is -2.29. The Kier molecular flexibility index (Phi) is 4.79. The van der Waals surface area contributed by atoms with Crippen molar-refractivity contribution in [3.8, 4) is 5.69 Å². The highest BCUT2D eigenvalue weighted by molar-refractivity contribution is 7.89. The molecule has 0 N–H and O–H groups in total. The standard InChI is InChI=1S/C18H24N4O2S/c1-4-5-10-25(23,24)21-13-15-12-20-22(16-6-8-19-9-7-16)17(15)11-18(2,3)14-21/h4,6-9,12H,1,5,10-11,13-14H2,2-3H3. The third-order valence-corrected chi connectivity index (χ3v) is 6.23. The van der Waals surface area contributed by atoms with Gasteiger partial charge in [0.2, 0.25) is 10.0 Å². The summed E-state index contributed by atoms with van der Waals surface area (Å²) in [4.78, 5) is 4.05. The Balaban J connectivity index is 2.00. The minimum absolute atomic E-state index is 0.0976. The molecule has 2 aromatic heterocycles. The van der Waals surface area contributed by atoms with Gasteiger partial charge in [-0.25, -0.2) is 13.1 Å². The number of fused-ring (bicyclic) bond motifs is 1. The first-order valence-corrected chi connectivity index (χ1v) is 9.98. The Morgan fingerprint density at radius 3 is 2.72 bits per heavy atom. The highest BCUT2D eigenvalue weighted by Gasteiger charge is 2.35. The van der Waals surface area contributed by atoms with Gasteiger partial charge in [-0.1, -0.05) is 19.9 Å². The zero-order valence-corrected chi connectivity index (χ0v) is 15.5. The summed E-state index contributed by atoms with van der Waals surface area (Å²) in [7, 11) is -3.32. The van der Waals surface area contributed by atoms with Gasteiger partial charge in [0.15, 0.2) is 0 Å². The van der Waals surface area contributed by atoms with Crippen LogP contribution in [0.1, 0.15) is 31.5 Å². The van der Waals surface area contributed by atoms with Crippen molar-refractivity contribution in [2.75, 3.05) is 12.3 Å². The minimum atomic E-state index is -3.32. The zero-order valence-electron chi connectivity index (χ0n) is 14.7. The van der Waals surface area contributed by atoms with Crippen molar-refractivity contribution >= 4 is 10.0 Å². The van der Waals surface area contributed by atoms with Crippen LogP contribution in [0.5, 0.6) is 0 Å². The molecule has 25 heavy (non-hydrogen) atoms. The summed E-state index contributed by atoms with van der Waals surface area (Å²) in [6.45, 7) is 8.69. The van der Waals surface area contributed by atoms with Crippen LogP contribution in [0.4, 0.5) is 0 Å². The summed E-state index contributed by atoms with van der Waals surface area (Å²) in [6.07, 6.45) is 8.12. The number of hydrogen-bond donors (Lipinski definition) is 0. The smallest absolute Gasteiger partial charge is 0.214 e. The van der Waals surface area contributed by atoms with E-state index < -0.39 is 10.0 Å². The van der Waals surface area contributed by atoms with Gasteiger partial charge in [0.05, 0.1) is 17.6 Å². The zero-order chi connectivity index (χ0) is 18.1. The van der Waals surface area contributed by atoms with E-state index in [1.54, 1.807) is 29.0 Å². The van der Waals surface area contributed by atoms with Gasteiger partial charge in [0.25, 0.3) is 0 Å². The monoisotopic (exact) mass is 360 g/mol. The number of hydrogen-bond acceptors (Lipinski definition) is 4. The molecule has 0 atom stereocenters. The molecular formula is C18H24N4O2S.